The summed E-state index contributed by atoms with van der Waals surface area (Å²) in [5.41, 5.74) is 1.43. The first-order valence-electron chi connectivity index (χ1n) is 13.6. The number of nitrogens with zero attached hydrogens (tertiary/aromatic N) is 2. The van der Waals surface area contributed by atoms with Crippen LogP contribution >= 0.6 is 0 Å². The Bertz CT molecular complexity index is 761. The Kier molecular flexibility index (Phi) is 7.24. The van der Waals surface area contributed by atoms with Crippen molar-refractivity contribution >= 4 is 5.96 Å². The number of methoxy groups -OCH3 is 1. The SMILES string of the molecule is COc1ccc(C[C@H]2C[N+]3=C(NC[C@H]3C3CCCCC3)N2CCCC2CCCCC2)cc1. The van der Waals surface area contributed by atoms with Gasteiger partial charge < -0.3 is 4.74 Å². The van der Waals surface area contributed by atoms with Gasteiger partial charge in [-0.05, 0) is 55.2 Å². The smallest absolute Gasteiger partial charge is 0.349 e. The van der Waals surface area contributed by atoms with Crippen LogP contribution in [0.15, 0.2) is 24.3 Å². The Hall–Kier alpha value is -1.71. The normalized spacial score (nSPS) is 27.0. The average Bonchev–Trinajstić information content (AvgIpc) is 3.40. The minimum absolute atomic E-state index is 0.587. The number of hydrogen-bond acceptors (Lipinski definition) is 3. The predicted octanol–water partition coefficient (Wildman–Crippen LogP) is 5.20. The van der Waals surface area contributed by atoms with Gasteiger partial charge in [0.2, 0.25) is 0 Å². The van der Waals surface area contributed by atoms with Crippen molar-refractivity contribution in [3.8, 4) is 5.75 Å². The molecule has 4 heteroatoms. The molecule has 1 aromatic carbocycles. The summed E-state index contributed by atoms with van der Waals surface area (Å²) >= 11 is 0. The van der Waals surface area contributed by atoms with E-state index in [2.05, 4.69) is 39.1 Å². The number of ether oxygens (including phenoxy) is 1. The number of nitrogens with one attached hydrogen (secondary N) is 1. The van der Waals surface area contributed by atoms with E-state index in [1.807, 2.05) is 0 Å². The maximum atomic E-state index is 5.38. The van der Waals surface area contributed by atoms with Gasteiger partial charge in [-0.25, -0.2) is 0 Å². The lowest BCUT2D eigenvalue weighted by atomic mass is 9.84. The van der Waals surface area contributed by atoms with Crippen LogP contribution in [-0.2, 0) is 6.42 Å². The zero-order chi connectivity index (χ0) is 21.8. The second-order valence-electron chi connectivity index (χ2n) is 10.9. The summed E-state index contributed by atoms with van der Waals surface area (Å²) in [5.74, 6) is 4.29. The highest BCUT2D eigenvalue weighted by Gasteiger charge is 2.47. The van der Waals surface area contributed by atoms with Crippen molar-refractivity contribution in [1.29, 1.82) is 0 Å². The van der Waals surface area contributed by atoms with Gasteiger partial charge in [0.1, 0.15) is 24.4 Å². The van der Waals surface area contributed by atoms with Crippen molar-refractivity contribution in [1.82, 2.24) is 10.2 Å². The van der Waals surface area contributed by atoms with Crippen molar-refractivity contribution in [3.05, 3.63) is 29.8 Å². The average molecular weight is 439 g/mol. The molecule has 4 aliphatic rings. The van der Waals surface area contributed by atoms with Gasteiger partial charge in [0.25, 0.3) is 0 Å². The number of guanidine groups is 1. The molecule has 2 heterocycles. The minimum atomic E-state index is 0.587. The molecule has 0 spiro atoms. The lowest BCUT2D eigenvalue weighted by molar-refractivity contribution is -0.559. The first kappa shape index (κ1) is 22.1. The van der Waals surface area contributed by atoms with Gasteiger partial charge in [0.15, 0.2) is 0 Å². The summed E-state index contributed by atoms with van der Waals surface area (Å²) in [6, 6.07) is 10.1. The highest BCUT2D eigenvalue weighted by molar-refractivity contribution is 5.78. The zero-order valence-corrected chi connectivity index (χ0v) is 20.2. The number of benzene rings is 1. The number of hydrogen-bond donors (Lipinski definition) is 1. The van der Waals surface area contributed by atoms with Crippen molar-refractivity contribution in [2.75, 3.05) is 26.7 Å². The highest BCUT2D eigenvalue weighted by Crippen LogP contribution is 2.32. The van der Waals surface area contributed by atoms with E-state index in [1.165, 1.54) is 102 Å². The topological polar surface area (TPSA) is 27.5 Å². The van der Waals surface area contributed by atoms with Crippen molar-refractivity contribution in [3.63, 3.8) is 0 Å². The van der Waals surface area contributed by atoms with E-state index in [0.29, 0.717) is 12.1 Å². The molecule has 176 valence electrons. The first-order valence-corrected chi connectivity index (χ1v) is 13.6. The Morgan fingerprint density at radius 2 is 1.69 bits per heavy atom. The van der Waals surface area contributed by atoms with Gasteiger partial charge in [-0.1, -0.05) is 63.5 Å². The van der Waals surface area contributed by atoms with E-state index >= 15 is 0 Å². The third kappa shape index (κ3) is 4.94. The van der Waals surface area contributed by atoms with Crippen LogP contribution in [0.25, 0.3) is 0 Å². The molecule has 2 aliphatic heterocycles. The molecule has 1 aromatic rings. The lowest BCUT2D eigenvalue weighted by Crippen LogP contribution is -2.45. The van der Waals surface area contributed by atoms with Gasteiger partial charge >= 0.3 is 5.96 Å². The van der Waals surface area contributed by atoms with Gasteiger partial charge in [-0.15, -0.1) is 0 Å². The van der Waals surface area contributed by atoms with E-state index < -0.39 is 0 Å². The molecular weight excluding hydrogens is 394 g/mol. The Morgan fingerprint density at radius 3 is 2.41 bits per heavy atom. The summed E-state index contributed by atoms with van der Waals surface area (Å²) < 4.78 is 8.16. The van der Waals surface area contributed by atoms with Crippen LogP contribution < -0.4 is 10.1 Å². The van der Waals surface area contributed by atoms with E-state index in [0.717, 1.165) is 30.6 Å². The van der Waals surface area contributed by atoms with E-state index in [1.54, 1.807) is 7.11 Å². The van der Waals surface area contributed by atoms with E-state index in [9.17, 15) is 0 Å². The summed E-state index contributed by atoms with van der Waals surface area (Å²) in [4.78, 5) is 2.76. The lowest BCUT2D eigenvalue weighted by Gasteiger charge is -2.28. The van der Waals surface area contributed by atoms with E-state index in [-0.39, 0.29) is 0 Å². The van der Waals surface area contributed by atoms with Crippen LogP contribution in [0.1, 0.15) is 82.6 Å². The zero-order valence-electron chi connectivity index (χ0n) is 20.2. The number of rotatable bonds is 8. The Morgan fingerprint density at radius 1 is 0.969 bits per heavy atom. The van der Waals surface area contributed by atoms with Gasteiger partial charge in [-0.2, -0.15) is 0 Å². The van der Waals surface area contributed by atoms with E-state index in [4.69, 9.17) is 4.74 Å². The molecule has 2 aliphatic carbocycles. The fraction of sp³-hybridized carbons (Fsp3) is 0.750. The highest BCUT2D eigenvalue weighted by atomic mass is 16.5. The van der Waals surface area contributed by atoms with Crippen LogP contribution in [-0.4, -0.2) is 54.3 Å². The summed E-state index contributed by atoms with van der Waals surface area (Å²) in [7, 11) is 1.75. The Balaban J connectivity index is 1.27. The van der Waals surface area contributed by atoms with Crippen LogP contribution in [0.3, 0.4) is 0 Å². The van der Waals surface area contributed by atoms with Crippen LogP contribution in [0, 0.1) is 11.8 Å². The molecule has 32 heavy (non-hydrogen) atoms. The van der Waals surface area contributed by atoms with Crippen LogP contribution in [0.2, 0.25) is 0 Å². The van der Waals surface area contributed by atoms with Gasteiger partial charge in [-0.3, -0.25) is 14.8 Å². The molecule has 0 bridgehead atoms. The second kappa shape index (κ2) is 10.5. The van der Waals surface area contributed by atoms with Gasteiger partial charge in [0, 0.05) is 6.42 Å². The quantitative estimate of drug-likeness (QED) is 0.565. The molecule has 0 radical (unpaired) electrons. The molecule has 2 fully saturated rings. The third-order valence-electron chi connectivity index (χ3n) is 8.82. The summed E-state index contributed by atoms with van der Waals surface area (Å²) in [6.07, 6.45) is 18.4. The summed E-state index contributed by atoms with van der Waals surface area (Å²) in [6.45, 7) is 3.57. The molecule has 0 unspecified atom stereocenters. The molecule has 0 amide bonds. The Labute approximate surface area is 195 Å². The molecular formula is C28H44N3O+. The standard InChI is InChI=1S/C28H43N3O/c1-32-26-16-14-23(15-17-26)19-25-21-31-27(24-12-6-3-7-13-24)20-29-28(31)30(25)18-8-11-22-9-4-2-5-10-22/h14-17,22,24-25,27H,2-13,18-21H2,1H3/p+1/t25-,27-/m0/s1. The fourth-order valence-corrected chi connectivity index (χ4v) is 7.01. The second-order valence-corrected chi connectivity index (χ2v) is 10.9. The third-order valence-corrected chi connectivity index (χ3v) is 8.82. The molecule has 2 atom stereocenters. The molecule has 2 saturated carbocycles. The van der Waals surface area contributed by atoms with Crippen molar-refractivity contribution < 1.29 is 9.31 Å². The van der Waals surface area contributed by atoms with Crippen molar-refractivity contribution in [2.45, 2.75) is 95.6 Å². The van der Waals surface area contributed by atoms with Crippen LogP contribution in [0.4, 0.5) is 0 Å². The van der Waals surface area contributed by atoms with Crippen LogP contribution in [0.5, 0.6) is 5.75 Å². The first-order chi connectivity index (χ1) is 15.8. The molecule has 4 nitrogen and oxygen atoms in total. The predicted molar refractivity (Wildman–Crippen MR) is 132 cm³/mol. The molecule has 5 rings (SSSR count). The molecule has 0 saturated heterocycles. The van der Waals surface area contributed by atoms with Crippen molar-refractivity contribution in [2.24, 2.45) is 11.8 Å². The maximum absolute atomic E-state index is 5.38. The fourth-order valence-electron chi connectivity index (χ4n) is 7.01. The minimum Gasteiger partial charge on any atom is -0.497 e. The van der Waals surface area contributed by atoms with Gasteiger partial charge in [0.05, 0.1) is 20.2 Å². The summed E-state index contributed by atoms with van der Waals surface area (Å²) in [5, 5.41) is 3.89. The molecule has 0 aromatic heterocycles. The maximum Gasteiger partial charge on any atom is 0.349 e. The monoisotopic (exact) mass is 438 g/mol. The molecule has 1 N–H and O–H groups in total. The largest absolute Gasteiger partial charge is 0.497 e.